The number of nitrogens with one attached hydrogen (secondary N) is 2. The van der Waals surface area contributed by atoms with Crippen LogP contribution in [0.3, 0.4) is 0 Å². The SMILES string of the molecule is NCC1CNNC1c1ccc(OC(F)F)cc1. The van der Waals surface area contributed by atoms with Crippen LogP contribution in [0.15, 0.2) is 24.3 Å². The highest BCUT2D eigenvalue weighted by molar-refractivity contribution is 5.30. The van der Waals surface area contributed by atoms with E-state index in [9.17, 15) is 8.78 Å². The summed E-state index contributed by atoms with van der Waals surface area (Å²) in [5.74, 6) is 0.468. The molecule has 1 heterocycles. The van der Waals surface area contributed by atoms with Gasteiger partial charge in [-0.3, -0.25) is 5.43 Å². The van der Waals surface area contributed by atoms with Gasteiger partial charge in [0.2, 0.25) is 0 Å². The van der Waals surface area contributed by atoms with Crippen molar-refractivity contribution in [1.82, 2.24) is 10.9 Å². The van der Waals surface area contributed by atoms with E-state index in [1.807, 2.05) is 0 Å². The van der Waals surface area contributed by atoms with Crippen molar-refractivity contribution in [3.8, 4) is 5.75 Å². The topological polar surface area (TPSA) is 59.3 Å². The summed E-state index contributed by atoms with van der Waals surface area (Å²) >= 11 is 0. The van der Waals surface area contributed by atoms with E-state index in [0.717, 1.165) is 12.1 Å². The highest BCUT2D eigenvalue weighted by atomic mass is 19.3. The van der Waals surface area contributed by atoms with Crippen molar-refractivity contribution in [2.24, 2.45) is 11.7 Å². The van der Waals surface area contributed by atoms with Gasteiger partial charge in [-0.05, 0) is 24.2 Å². The van der Waals surface area contributed by atoms with Crippen molar-refractivity contribution in [1.29, 1.82) is 0 Å². The van der Waals surface area contributed by atoms with E-state index >= 15 is 0 Å². The molecule has 2 rings (SSSR count). The largest absolute Gasteiger partial charge is 0.435 e. The van der Waals surface area contributed by atoms with E-state index in [0.29, 0.717) is 12.5 Å². The lowest BCUT2D eigenvalue weighted by atomic mass is 9.95. The summed E-state index contributed by atoms with van der Waals surface area (Å²) in [7, 11) is 0. The molecule has 1 saturated heterocycles. The number of hydrazine groups is 1. The Bertz CT molecular complexity index is 358. The first-order valence-corrected chi connectivity index (χ1v) is 5.44. The van der Waals surface area contributed by atoms with Crippen LogP contribution in [0.1, 0.15) is 11.6 Å². The lowest BCUT2D eigenvalue weighted by Gasteiger charge is -2.17. The number of ether oxygens (including phenoxy) is 1. The number of nitrogens with two attached hydrogens (primary N) is 1. The highest BCUT2D eigenvalue weighted by Crippen LogP contribution is 2.26. The van der Waals surface area contributed by atoms with Crippen molar-refractivity contribution >= 4 is 0 Å². The summed E-state index contributed by atoms with van der Waals surface area (Å²) in [5.41, 5.74) is 12.8. The van der Waals surface area contributed by atoms with Gasteiger partial charge in [0.05, 0.1) is 6.04 Å². The van der Waals surface area contributed by atoms with Crippen LogP contribution in [-0.2, 0) is 0 Å². The number of alkyl halides is 2. The Morgan fingerprint density at radius 3 is 2.65 bits per heavy atom. The fourth-order valence-corrected chi connectivity index (χ4v) is 1.97. The maximum atomic E-state index is 12.0. The van der Waals surface area contributed by atoms with Crippen LogP contribution in [0.5, 0.6) is 5.75 Å². The third-order valence-electron chi connectivity index (χ3n) is 2.86. The van der Waals surface area contributed by atoms with E-state index < -0.39 is 6.61 Å². The number of halogens is 2. The summed E-state index contributed by atoms with van der Waals surface area (Å²) < 4.78 is 28.2. The van der Waals surface area contributed by atoms with Gasteiger partial charge in [-0.25, -0.2) is 5.43 Å². The second-order valence-electron chi connectivity index (χ2n) is 3.95. The van der Waals surface area contributed by atoms with Gasteiger partial charge in [0.1, 0.15) is 5.75 Å². The summed E-state index contributed by atoms with van der Waals surface area (Å²) in [5, 5.41) is 0. The van der Waals surface area contributed by atoms with Gasteiger partial charge in [0.15, 0.2) is 0 Å². The minimum Gasteiger partial charge on any atom is -0.435 e. The first-order chi connectivity index (χ1) is 8.20. The van der Waals surface area contributed by atoms with E-state index in [1.54, 1.807) is 12.1 Å². The minimum atomic E-state index is -2.79. The number of hydrogen-bond donors (Lipinski definition) is 3. The number of benzene rings is 1. The second kappa shape index (κ2) is 5.39. The summed E-state index contributed by atoms with van der Waals surface area (Å²) in [6, 6.07) is 6.72. The van der Waals surface area contributed by atoms with Crippen molar-refractivity contribution in [2.45, 2.75) is 12.7 Å². The molecule has 4 N–H and O–H groups in total. The Morgan fingerprint density at radius 2 is 2.06 bits per heavy atom. The first-order valence-electron chi connectivity index (χ1n) is 5.44. The average Bonchev–Trinajstić information content (AvgIpc) is 2.77. The molecule has 1 fully saturated rings. The predicted octanol–water partition coefficient (Wildman–Crippen LogP) is 1.01. The van der Waals surface area contributed by atoms with E-state index in [4.69, 9.17) is 5.73 Å². The van der Waals surface area contributed by atoms with Gasteiger partial charge >= 0.3 is 6.61 Å². The maximum absolute atomic E-state index is 12.0. The average molecular weight is 243 g/mol. The normalized spacial score (nSPS) is 24.2. The lowest BCUT2D eigenvalue weighted by molar-refractivity contribution is -0.0498. The third-order valence-corrected chi connectivity index (χ3v) is 2.86. The second-order valence-corrected chi connectivity index (χ2v) is 3.95. The Hall–Kier alpha value is -1.24. The van der Waals surface area contributed by atoms with Crippen LogP contribution in [0.25, 0.3) is 0 Å². The van der Waals surface area contributed by atoms with Gasteiger partial charge < -0.3 is 10.5 Å². The fourth-order valence-electron chi connectivity index (χ4n) is 1.97. The molecule has 17 heavy (non-hydrogen) atoms. The molecule has 0 aliphatic carbocycles. The molecule has 2 atom stereocenters. The standard InChI is InChI=1S/C11H15F2N3O/c12-11(13)17-9-3-1-7(2-4-9)10-8(5-14)6-15-16-10/h1-4,8,10-11,15-16H,5-6,14H2. The Balaban J connectivity index is 2.07. The molecule has 1 aliphatic heterocycles. The van der Waals surface area contributed by atoms with Crippen LogP contribution >= 0.6 is 0 Å². The molecule has 1 aliphatic rings. The smallest absolute Gasteiger partial charge is 0.387 e. The molecule has 0 saturated carbocycles. The molecule has 0 radical (unpaired) electrons. The fraction of sp³-hybridized carbons (Fsp3) is 0.455. The van der Waals surface area contributed by atoms with Crippen molar-refractivity contribution in [2.75, 3.05) is 13.1 Å². The quantitative estimate of drug-likeness (QED) is 0.738. The van der Waals surface area contributed by atoms with Crippen LogP contribution in [0.4, 0.5) is 8.78 Å². The monoisotopic (exact) mass is 243 g/mol. The Morgan fingerprint density at radius 1 is 1.35 bits per heavy atom. The van der Waals surface area contributed by atoms with E-state index in [2.05, 4.69) is 15.6 Å². The molecular formula is C11H15F2N3O. The van der Waals surface area contributed by atoms with Crippen LogP contribution < -0.4 is 21.3 Å². The zero-order valence-electron chi connectivity index (χ0n) is 9.20. The van der Waals surface area contributed by atoms with Crippen molar-refractivity contribution in [3.63, 3.8) is 0 Å². The van der Waals surface area contributed by atoms with Crippen molar-refractivity contribution in [3.05, 3.63) is 29.8 Å². The van der Waals surface area contributed by atoms with Crippen LogP contribution in [0, 0.1) is 5.92 Å². The summed E-state index contributed by atoms with van der Waals surface area (Å²) in [4.78, 5) is 0. The summed E-state index contributed by atoms with van der Waals surface area (Å²) in [6.07, 6.45) is 0. The van der Waals surface area contributed by atoms with Gasteiger partial charge in [-0.1, -0.05) is 12.1 Å². The summed E-state index contributed by atoms with van der Waals surface area (Å²) in [6.45, 7) is -1.42. The zero-order chi connectivity index (χ0) is 12.3. The molecule has 2 unspecified atom stereocenters. The number of rotatable bonds is 4. The van der Waals surface area contributed by atoms with E-state index in [-0.39, 0.29) is 11.8 Å². The van der Waals surface area contributed by atoms with Gasteiger partial charge in [-0.15, -0.1) is 0 Å². The third kappa shape index (κ3) is 2.91. The minimum absolute atomic E-state index is 0.112. The van der Waals surface area contributed by atoms with Gasteiger partial charge in [0.25, 0.3) is 0 Å². The van der Waals surface area contributed by atoms with Gasteiger partial charge in [-0.2, -0.15) is 8.78 Å². The Labute approximate surface area is 98.1 Å². The molecule has 1 aromatic carbocycles. The first kappa shape index (κ1) is 12.2. The molecular weight excluding hydrogens is 228 g/mol. The molecule has 1 aromatic rings. The maximum Gasteiger partial charge on any atom is 0.387 e. The predicted molar refractivity (Wildman–Crippen MR) is 59.5 cm³/mol. The molecule has 94 valence electrons. The molecule has 6 heteroatoms. The molecule has 4 nitrogen and oxygen atoms in total. The van der Waals surface area contributed by atoms with Gasteiger partial charge in [0, 0.05) is 12.5 Å². The highest BCUT2D eigenvalue weighted by Gasteiger charge is 2.26. The number of hydrogen-bond acceptors (Lipinski definition) is 4. The zero-order valence-corrected chi connectivity index (χ0v) is 9.20. The van der Waals surface area contributed by atoms with E-state index in [1.165, 1.54) is 12.1 Å². The Kier molecular flexibility index (Phi) is 3.88. The van der Waals surface area contributed by atoms with Crippen LogP contribution in [-0.4, -0.2) is 19.7 Å². The molecule has 0 amide bonds. The lowest BCUT2D eigenvalue weighted by Crippen LogP contribution is -2.26. The molecule has 0 bridgehead atoms. The van der Waals surface area contributed by atoms with Crippen molar-refractivity contribution < 1.29 is 13.5 Å². The molecule has 0 spiro atoms. The van der Waals surface area contributed by atoms with Crippen LogP contribution in [0.2, 0.25) is 0 Å². The molecule has 0 aromatic heterocycles.